The monoisotopic (exact) mass is 514 g/mol. The Morgan fingerprint density at radius 2 is 1.57 bits per heavy atom. The highest BCUT2D eigenvalue weighted by atomic mass is 16.5. The van der Waals surface area contributed by atoms with Crippen LogP contribution in [0.3, 0.4) is 0 Å². The van der Waals surface area contributed by atoms with Crippen molar-refractivity contribution < 1.29 is 24.5 Å². The van der Waals surface area contributed by atoms with Crippen molar-refractivity contribution in [1.82, 2.24) is 0 Å². The molecule has 5 aliphatic carbocycles. The number of carboxylic acid groups (broad SMARTS) is 2. The first-order chi connectivity index (χ1) is 17.0. The molecule has 4 saturated carbocycles. The van der Waals surface area contributed by atoms with E-state index in [2.05, 4.69) is 47.6 Å². The number of fused-ring (bicyclic) bond motifs is 7. The van der Waals surface area contributed by atoms with Crippen LogP contribution >= 0.6 is 0 Å². The van der Waals surface area contributed by atoms with E-state index < -0.39 is 17.4 Å². The van der Waals surface area contributed by atoms with Gasteiger partial charge in [-0.1, -0.05) is 53.2 Å². The zero-order chi connectivity index (χ0) is 27.2. The summed E-state index contributed by atoms with van der Waals surface area (Å²) in [6, 6.07) is 0. The van der Waals surface area contributed by atoms with E-state index in [1.807, 2.05) is 6.92 Å². The van der Waals surface area contributed by atoms with Gasteiger partial charge in [-0.25, -0.2) is 4.79 Å². The molecule has 4 fully saturated rings. The van der Waals surface area contributed by atoms with Gasteiger partial charge in [-0.05, 0) is 116 Å². The Labute approximate surface area is 223 Å². The molecule has 0 bridgehead atoms. The largest absolute Gasteiger partial charge is 0.481 e. The number of aliphatic carboxylic acids is 2. The van der Waals surface area contributed by atoms with Crippen molar-refractivity contribution in [1.29, 1.82) is 0 Å². The van der Waals surface area contributed by atoms with Crippen LogP contribution in [0, 0.1) is 50.2 Å². The molecule has 9 atom stereocenters. The first kappa shape index (κ1) is 27.2. The summed E-state index contributed by atoms with van der Waals surface area (Å²) in [4.78, 5) is 23.5. The smallest absolute Gasteiger partial charge is 0.329 e. The van der Waals surface area contributed by atoms with Crippen LogP contribution in [0.25, 0.3) is 0 Å². The molecule has 0 heterocycles. The van der Waals surface area contributed by atoms with Crippen LogP contribution in [-0.2, 0) is 14.3 Å². The zero-order valence-electron chi connectivity index (χ0n) is 24.3. The first-order valence-electron chi connectivity index (χ1n) is 14.8. The van der Waals surface area contributed by atoms with Crippen LogP contribution in [0.1, 0.15) is 113 Å². The quantitative estimate of drug-likeness (QED) is 0.383. The van der Waals surface area contributed by atoms with E-state index in [9.17, 15) is 19.8 Å². The van der Waals surface area contributed by atoms with Crippen LogP contribution in [0.5, 0.6) is 0 Å². The summed E-state index contributed by atoms with van der Waals surface area (Å²) in [5, 5.41) is 19.3. The molecule has 0 aromatic heterocycles. The Bertz CT molecular complexity index is 1010. The van der Waals surface area contributed by atoms with Crippen molar-refractivity contribution in [3.63, 3.8) is 0 Å². The van der Waals surface area contributed by atoms with Crippen LogP contribution in [0.4, 0.5) is 0 Å². The molecular weight excluding hydrogens is 464 g/mol. The average Bonchev–Trinajstić information content (AvgIpc) is 2.79. The molecule has 0 amide bonds. The Morgan fingerprint density at radius 3 is 2.22 bits per heavy atom. The summed E-state index contributed by atoms with van der Waals surface area (Å²) >= 11 is 0. The lowest BCUT2D eigenvalue weighted by Crippen LogP contribution is -2.64. The van der Waals surface area contributed by atoms with E-state index in [1.54, 1.807) is 5.57 Å². The number of rotatable bonds is 4. The minimum absolute atomic E-state index is 0.0114. The topological polar surface area (TPSA) is 83.8 Å². The first-order valence-corrected chi connectivity index (χ1v) is 14.8. The predicted octanol–water partition coefficient (Wildman–Crippen LogP) is 7.34. The van der Waals surface area contributed by atoms with E-state index >= 15 is 0 Å². The third-order valence-corrected chi connectivity index (χ3v) is 13.7. The van der Waals surface area contributed by atoms with Crippen molar-refractivity contribution >= 4 is 11.9 Å². The van der Waals surface area contributed by atoms with Crippen molar-refractivity contribution in [2.75, 3.05) is 6.61 Å². The summed E-state index contributed by atoms with van der Waals surface area (Å²) in [5.41, 5.74) is 1.60. The van der Waals surface area contributed by atoms with Crippen molar-refractivity contribution in [3.05, 3.63) is 11.6 Å². The highest BCUT2D eigenvalue weighted by Crippen LogP contribution is 2.75. The molecule has 5 rings (SSSR count). The normalized spacial score (nSPS) is 50.5. The van der Waals surface area contributed by atoms with E-state index in [1.165, 1.54) is 19.3 Å². The van der Waals surface area contributed by atoms with Gasteiger partial charge in [-0.15, -0.1) is 0 Å². The van der Waals surface area contributed by atoms with Gasteiger partial charge < -0.3 is 14.9 Å². The predicted molar refractivity (Wildman–Crippen MR) is 144 cm³/mol. The van der Waals surface area contributed by atoms with Gasteiger partial charge in [0.15, 0.2) is 0 Å². The maximum atomic E-state index is 12.3. The Morgan fingerprint density at radius 1 is 0.892 bits per heavy atom. The molecule has 0 radical (unpaired) electrons. The minimum atomic E-state index is -0.885. The molecule has 2 N–H and O–H groups in total. The maximum absolute atomic E-state index is 12.3. The second-order valence-electron chi connectivity index (χ2n) is 15.6. The Hall–Kier alpha value is -1.36. The molecule has 5 nitrogen and oxygen atoms in total. The Kier molecular flexibility index (Phi) is 6.12. The number of carbonyl (C=O) groups is 2. The molecule has 0 aromatic rings. The second-order valence-corrected chi connectivity index (χ2v) is 15.6. The van der Waals surface area contributed by atoms with Crippen LogP contribution in [0.2, 0.25) is 0 Å². The van der Waals surface area contributed by atoms with Gasteiger partial charge in [-0.2, -0.15) is 0 Å². The highest BCUT2D eigenvalue weighted by Gasteiger charge is 2.68. The molecule has 0 spiro atoms. The molecular formula is C32H50O5. The number of hydrogen-bond donors (Lipinski definition) is 2. The lowest BCUT2D eigenvalue weighted by molar-refractivity contribution is -0.212. The van der Waals surface area contributed by atoms with Crippen LogP contribution < -0.4 is 0 Å². The van der Waals surface area contributed by atoms with Crippen LogP contribution in [-0.4, -0.2) is 34.9 Å². The fourth-order valence-electron chi connectivity index (χ4n) is 11.0. The van der Waals surface area contributed by atoms with Gasteiger partial charge in [0.2, 0.25) is 0 Å². The van der Waals surface area contributed by atoms with Gasteiger partial charge in [-0.3, -0.25) is 4.79 Å². The number of ether oxygens (including phenoxy) is 1. The molecule has 3 unspecified atom stereocenters. The zero-order valence-corrected chi connectivity index (χ0v) is 24.3. The second kappa shape index (κ2) is 8.32. The third kappa shape index (κ3) is 3.64. The van der Waals surface area contributed by atoms with Crippen molar-refractivity contribution in [2.24, 2.45) is 50.2 Å². The molecule has 5 heteroatoms. The summed E-state index contributed by atoms with van der Waals surface area (Å²) in [5.74, 6) is -0.0707. The van der Waals surface area contributed by atoms with Crippen molar-refractivity contribution in [3.8, 4) is 0 Å². The minimum Gasteiger partial charge on any atom is -0.481 e. The fourth-order valence-corrected chi connectivity index (χ4v) is 11.0. The standard InChI is InChI=1S/C32H50O5/c1-27(2)22-10-13-32(7)23(30(22,5)12-11-24(27)37-19-25(33)34)9-8-20-21-18-29(4,26(35)36)15-14-28(21,3)16-17-31(20,32)6/h8,21-24H,9-19H2,1-7H3,(H,33,34)(H,35,36)/t21-,22?,23+,24?,28+,29?,30-,31+,32+/m0/s1. The highest BCUT2D eigenvalue weighted by molar-refractivity contribution is 5.74. The lowest BCUT2D eigenvalue weighted by atomic mass is 9.33. The fraction of sp³-hybridized carbons (Fsp3) is 0.875. The SMILES string of the molecule is CC1(C(=O)O)CC[C@]2(C)CC[C@]3(C)C(=CC[C@@H]4[C@@]5(C)CCC(OCC(=O)O)C(C)(C)C5CC[C@]43C)[C@@H]2C1. The molecule has 5 aliphatic rings. The summed E-state index contributed by atoms with van der Waals surface area (Å²) in [6.07, 6.45) is 13.0. The molecule has 0 saturated heterocycles. The van der Waals surface area contributed by atoms with Crippen LogP contribution in [0.15, 0.2) is 11.6 Å². The van der Waals surface area contributed by atoms with Gasteiger partial charge in [0, 0.05) is 0 Å². The Balaban J connectivity index is 1.50. The van der Waals surface area contributed by atoms with E-state index in [-0.39, 0.29) is 39.8 Å². The molecule has 37 heavy (non-hydrogen) atoms. The van der Waals surface area contributed by atoms with Gasteiger partial charge in [0.05, 0.1) is 11.5 Å². The summed E-state index contributed by atoms with van der Waals surface area (Å²) < 4.78 is 5.97. The summed E-state index contributed by atoms with van der Waals surface area (Å²) in [7, 11) is 0. The van der Waals surface area contributed by atoms with E-state index in [0.717, 1.165) is 44.9 Å². The molecule has 0 aliphatic heterocycles. The third-order valence-electron chi connectivity index (χ3n) is 13.7. The van der Waals surface area contributed by atoms with Gasteiger partial charge in [0.25, 0.3) is 0 Å². The van der Waals surface area contributed by atoms with Crippen molar-refractivity contribution in [2.45, 2.75) is 119 Å². The number of carboxylic acids is 2. The summed E-state index contributed by atoms with van der Waals surface area (Å²) in [6.45, 7) is 16.5. The average molecular weight is 515 g/mol. The lowest BCUT2D eigenvalue weighted by Gasteiger charge is -2.71. The van der Waals surface area contributed by atoms with Gasteiger partial charge in [0.1, 0.15) is 6.61 Å². The van der Waals surface area contributed by atoms with E-state index in [4.69, 9.17) is 4.74 Å². The van der Waals surface area contributed by atoms with Gasteiger partial charge >= 0.3 is 11.9 Å². The molecule has 208 valence electrons. The van der Waals surface area contributed by atoms with E-state index in [0.29, 0.717) is 17.8 Å². The molecule has 0 aromatic carbocycles. The maximum Gasteiger partial charge on any atom is 0.329 e. The number of allylic oxidation sites excluding steroid dienone is 2. The number of hydrogen-bond acceptors (Lipinski definition) is 3.